The Kier molecular flexibility index (Phi) is 5.87. The van der Waals surface area contributed by atoms with Gasteiger partial charge in [0.25, 0.3) is 5.91 Å². The van der Waals surface area contributed by atoms with E-state index >= 15 is 0 Å². The first-order valence-electron chi connectivity index (χ1n) is 7.02. The van der Waals surface area contributed by atoms with Crippen LogP contribution in [0.5, 0.6) is 0 Å². The SMILES string of the molecule is CC1CN(C(=O)c2ccc(-c3ccc(Cl)cc3)s2)CCN1.Cl. The second-order valence-electron chi connectivity index (χ2n) is 5.28. The summed E-state index contributed by atoms with van der Waals surface area (Å²) < 4.78 is 0. The molecular formula is C16H18Cl2N2OS. The highest BCUT2D eigenvalue weighted by molar-refractivity contribution is 7.17. The molecule has 2 aromatic rings. The van der Waals surface area contributed by atoms with Crippen molar-refractivity contribution in [2.45, 2.75) is 13.0 Å². The first-order valence-corrected chi connectivity index (χ1v) is 8.21. The lowest BCUT2D eigenvalue weighted by Crippen LogP contribution is -2.51. The molecule has 0 bridgehead atoms. The van der Waals surface area contributed by atoms with E-state index in [4.69, 9.17) is 11.6 Å². The van der Waals surface area contributed by atoms with Crippen LogP contribution < -0.4 is 5.32 Å². The van der Waals surface area contributed by atoms with Gasteiger partial charge in [0, 0.05) is 35.6 Å². The minimum atomic E-state index is 0. The summed E-state index contributed by atoms with van der Waals surface area (Å²) in [4.78, 5) is 16.4. The Morgan fingerprint density at radius 2 is 2.00 bits per heavy atom. The third-order valence-electron chi connectivity index (χ3n) is 3.60. The molecule has 3 nitrogen and oxygen atoms in total. The van der Waals surface area contributed by atoms with Gasteiger partial charge in [0.05, 0.1) is 4.88 Å². The highest BCUT2D eigenvalue weighted by Crippen LogP contribution is 2.29. The summed E-state index contributed by atoms with van der Waals surface area (Å²) in [6.07, 6.45) is 0. The zero-order chi connectivity index (χ0) is 14.8. The Morgan fingerprint density at radius 3 is 2.68 bits per heavy atom. The van der Waals surface area contributed by atoms with E-state index in [1.54, 1.807) is 11.3 Å². The van der Waals surface area contributed by atoms with Crippen molar-refractivity contribution in [3.8, 4) is 10.4 Å². The lowest BCUT2D eigenvalue weighted by molar-refractivity contribution is 0.0714. The van der Waals surface area contributed by atoms with Crippen LogP contribution in [-0.2, 0) is 0 Å². The zero-order valence-electron chi connectivity index (χ0n) is 12.2. The van der Waals surface area contributed by atoms with Gasteiger partial charge in [-0.25, -0.2) is 0 Å². The third kappa shape index (κ3) is 3.82. The van der Waals surface area contributed by atoms with Crippen LogP contribution in [0.3, 0.4) is 0 Å². The summed E-state index contributed by atoms with van der Waals surface area (Å²) in [5.74, 6) is 0.133. The van der Waals surface area contributed by atoms with Crippen molar-refractivity contribution in [1.29, 1.82) is 0 Å². The van der Waals surface area contributed by atoms with Gasteiger partial charge in [-0.3, -0.25) is 4.79 Å². The number of hydrogen-bond acceptors (Lipinski definition) is 3. The van der Waals surface area contributed by atoms with Crippen LogP contribution in [-0.4, -0.2) is 36.5 Å². The van der Waals surface area contributed by atoms with E-state index in [9.17, 15) is 4.79 Å². The first kappa shape index (κ1) is 17.3. The maximum atomic E-state index is 12.5. The molecule has 1 atom stereocenters. The normalized spacial score (nSPS) is 17.9. The predicted octanol–water partition coefficient (Wildman–Crippen LogP) is 3.92. The first-order chi connectivity index (χ1) is 10.1. The molecule has 0 saturated carbocycles. The number of nitrogens with one attached hydrogen (secondary N) is 1. The van der Waals surface area contributed by atoms with Crippen molar-refractivity contribution in [2.24, 2.45) is 0 Å². The molecule has 0 spiro atoms. The molecule has 0 aliphatic carbocycles. The molecule has 118 valence electrons. The molecule has 22 heavy (non-hydrogen) atoms. The molecule has 1 saturated heterocycles. The van der Waals surface area contributed by atoms with Gasteiger partial charge in [-0.05, 0) is 36.8 Å². The van der Waals surface area contributed by atoms with Crippen molar-refractivity contribution in [2.75, 3.05) is 19.6 Å². The summed E-state index contributed by atoms with van der Waals surface area (Å²) in [7, 11) is 0. The van der Waals surface area contributed by atoms with E-state index in [2.05, 4.69) is 12.2 Å². The van der Waals surface area contributed by atoms with Gasteiger partial charge in [0.15, 0.2) is 0 Å². The molecule has 1 N–H and O–H groups in total. The maximum Gasteiger partial charge on any atom is 0.264 e. The highest BCUT2D eigenvalue weighted by atomic mass is 35.5. The molecule has 1 fully saturated rings. The fraction of sp³-hybridized carbons (Fsp3) is 0.312. The number of amides is 1. The van der Waals surface area contributed by atoms with Crippen LogP contribution in [0.15, 0.2) is 36.4 Å². The van der Waals surface area contributed by atoms with Crippen LogP contribution in [0.4, 0.5) is 0 Å². The van der Waals surface area contributed by atoms with Crippen molar-refractivity contribution in [3.63, 3.8) is 0 Å². The second kappa shape index (κ2) is 7.47. The number of halogens is 2. The van der Waals surface area contributed by atoms with Gasteiger partial charge >= 0.3 is 0 Å². The summed E-state index contributed by atoms with van der Waals surface area (Å²) in [5.41, 5.74) is 1.09. The minimum absolute atomic E-state index is 0. The molecule has 1 aliphatic heterocycles. The van der Waals surface area contributed by atoms with E-state index in [1.807, 2.05) is 41.3 Å². The number of hydrogen-bond donors (Lipinski definition) is 1. The number of carbonyl (C=O) groups is 1. The number of nitrogens with zero attached hydrogens (tertiary/aromatic N) is 1. The monoisotopic (exact) mass is 356 g/mol. The van der Waals surface area contributed by atoms with Gasteiger partial charge in [-0.1, -0.05) is 23.7 Å². The Morgan fingerprint density at radius 1 is 1.27 bits per heavy atom. The third-order valence-corrected chi connectivity index (χ3v) is 4.98. The topological polar surface area (TPSA) is 32.3 Å². The van der Waals surface area contributed by atoms with E-state index < -0.39 is 0 Å². The zero-order valence-corrected chi connectivity index (χ0v) is 14.6. The van der Waals surface area contributed by atoms with E-state index in [1.165, 1.54) is 0 Å². The van der Waals surface area contributed by atoms with Gasteiger partial charge in [-0.15, -0.1) is 23.7 Å². The predicted molar refractivity (Wildman–Crippen MR) is 95.4 cm³/mol. The number of benzene rings is 1. The standard InChI is InChI=1S/C16H17ClN2OS.ClH/c1-11-10-19(9-8-18-11)16(20)15-7-6-14(21-15)12-2-4-13(17)5-3-12;/h2-7,11,18H,8-10H2,1H3;1H. The number of carbonyl (C=O) groups excluding carboxylic acids is 1. The van der Waals surface area contributed by atoms with Crippen LogP contribution in [0.2, 0.25) is 5.02 Å². The van der Waals surface area contributed by atoms with E-state index in [0.29, 0.717) is 6.04 Å². The van der Waals surface area contributed by atoms with Crippen molar-refractivity contribution >= 4 is 41.3 Å². The lowest BCUT2D eigenvalue weighted by atomic mass is 10.2. The van der Waals surface area contributed by atoms with Crippen LogP contribution >= 0.6 is 35.3 Å². The number of piperazine rings is 1. The molecule has 6 heteroatoms. The Balaban J connectivity index is 0.00000176. The number of rotatable bonds is 2. The Bertz CT molecular complexity index is 642. The van der Waals surface area contributed by atoms with Crippen LogP contribution in [0.25, 0.3) is 10.4 Å². The minimum Gasteiger partial charge on any atom is -0.335 e. The van der Waals surface area contributed by atoms with Crippen LogP contribution in [0, 0.1) is 0 Å². The molecule has 0 radical (unpaired) electrons. The van der Waals surface area contributed by atoms with Crippen molar-refractivity contribution < 1.29 is 4.79 Å². The Hall–Kier alpha value is -1.07. The molecule has 1 unspecified atom stereocenters. The average molecular weight is 357 g/mol. The number of thiophene rings is 1. The Labute approximate surface area is 145 Å². The van der Waals surface area contributed by atoms with E-state index in [-0.39, 0.29) is 18.3 Å². The van der Waals surface area contributed by atoms with Gasteiger partial charge < -0.3 is 10.2 Å². The molecule has 1 aliphatic rings. The molecule has 1 aromatic heterocycles. The largest absolute Gasteiger partial charge is 0.335 e. The highest BCUT2D eigenvalue weighted by Gasteiger charge is 2.22. The maximum absolute atomic E-state index is 12.5. The van der Waals surface area contributed by atoms with Gasteiger partial charge in [0.2, 0.25) is 0 Å². The summed E-state index contributed by atoms with van der Waals surface area (Å²) in [5, 5.41) is 4.08. The summed E-state index contributed by atoms with van der Waals surface area (Å²) >= 11 is 7.45. The van der Waals surface area contributed by atoms with E-state index in [0.717, 1.165) is 40.0 Å². The fourth-order valence-electron chi connectivity index (χ4n) is 2.49. The molecule has 1 amide bonds. The fourth-order valence-corrected chi connectivity index (χ4v) is 3.60. The summed E-state index contributed by atoms with van der Waals surface area (Å²) in [6, 6.07) is 12.0. The smallest absolute Gasteiger partial charge is 0.264 e. The quantitative estimate of drug-likeness (QED) is 0.884. The van der Waals surface area contributed by atoms with Crippen molar-refractivity contribution in [1.82, 2.24) is 10.2 Å². The van der Waals surface area contributed by atoms with Gasteiger partial charge in [-0.2, -0.15) is 0 Å². The molecule has 3 rings (SSSR count). The second-order valence-corrected chi connectivity index (χ2v) is 6.80. The van der Waals surface area contributed by atoms with Crippen LogP contribution in [0.1, 0.15) is 16.6 Å². The molecule has 2 heterocycles. The molecular weight excluding hydrogens is 339 g/mol. The lowest BCUT2D eigenvalue weighted by Gasteiger charge is -2.31. The summed E-state index contributed by atoms with van der Waals surface area (Å²) in [6.45, 7) is 4.51. The average Bonchev–Trinajstić information content (AvgIpc) is 2.97. The van der Waals surface area contributed by atoms with Gasteiger partial charge in [0.1, 0.15) is 0 Å². The van der Waals surface area contributed by atoms with Crippen molar-refractivity contribution in [3.05, 3.63) is 46.3 Å². The molecule has 1 aromatic carbocycles.